The molecule has 0 atom stereocenters. The number of ether oxygens (including phenoxy) is 2. The summed E-state index contributed by atoms with van der Waals surface area (Å²) in [5.74, 6) is 1.65. The largest absolute Gasteiger partial charge is 0.490 e. The Morgan fingerprint density at radius 3 is 2.32 bits per heavy atom. The minimum atomic E-state index is 0.630. The Labute approximate surface area is 146 Å². The van der Waals surface area contributed by atoms with E-state index in [4.69, 9.17) is 9.47 Å². The van der Waals surface area contributed by atoms with Gasteiger partial charge in [0.2, 0.25) is 0 Å². The summed E-state index contributed by atoms with van der Waals surface area (Å²) in [5, 5.41) is 3.44. The molecule has 0 spiro atoms. The monoisotopic (exact) mass is 411 g/mol. The second-order valence-corrected chi connectivity index (χ2v) is 6.15. The number of aryl methyl sites for hydroxylation is 1. The number of hydrogen-bond donors (Lipinski definition) is 1. The van der Waals surface area contributed by atoms with E-state index in [0.717, 1.165) is 27.3 Å². The highest BCUT2D eigenvalue weighted by atomic mass is 127. The van der Waals surface area contributed by atoms with Crippen LogP contribution in [0.4, 0.5) is 5.69 Å². The smallest absolute Gasteiger partial charge is 0.174 e. The first-order valence-electron chi connectivity index (χ1n) is 7.52. The summed E-state index contributed by atoms with van der Waals surface area (Å²) in [4.78, 5) is 0. The third-order valence-electron chi connectivity index (χ3n) is 3.21. The van der Waals surface area contributed by atoms with E-state index in [1.54, 1.807) is 0 Å². The minimum Gasteiger partial charge on any atom is -0.490 e. The lowest BCUT2D eigenvalue weighted by molar-refractivity contribution is 0.286. The minimum absolute atomic E-state index is 0.630. The summed E-state index contributed by atoms with van der Waals surface area (Å²) in [6, 6.07) is 12.6. The highest BCUT2D eigenvalue weighted by Gasteiger charge is 2.11. The van der Waals surface area contributed by atoms with Gasteiger partial charge in [0, 0.05) is 12.2 Å². The van der Waals surface area contributed by atoms with Crippen LogP contribution in [0.3, 0.4) is 0 Å². The van der Waals surface area contributed by atoms with E-state index in [2.05, 4.69) is 71.2 Å². The van der Waals surface area contributed by atoms with Crippen LogP contribution in [-0.2, 0) is 6.54 Å². The van der Waals surface area contributed by atoms with Crippen LogP contribution in [0.2, 0.25) is 0 Å². The van der Waals surface area contributed by atoms with E-state index in [0.29, 0.717) is 13.2 Å². The van der Waals surface area contributed by atoms with Crippen molar-refractivity contribution in [2.24, 2.45) is 0 Å². The summed E-state index contributed by atoms with van der Waals surface area (Å²) in [7, 11) is 0. The van der Waals surface area contributed by atoms with E-state index >= 15 is 0 Å². The molecule has 22 heavy (non-hydrogen) atoms. The van der Waals surface area contributed by atoms with Crippen LogP contribution < -0.4 is 14.8 Å². The molecule has 4 heteroatoms. The van der Waals surface area contributed by atoms with Gasteiger partial charge in [-0.1, -0.05) is 17.7 Å². The molecule has 0 heterocycles. The molecule has 118 valence electrons. The Bertz CT molecular complexity index is 611. The van der Waals surface area contributed by atoms with E-state index in [1.807, 2.05) is 13.8 Å². The average Bonchev–Trinajstić information content (AvgIpc) is 2.50. The van der Waals surface area contributed by atoms with Crippen molar-refractivity contribution in [3.63, 3.8) is 0 Å². The Balaban J connectivity index is 2.15. The van der Waals surface area contributed by atoms with Crippen LogP contribution in [0.5, 0.6) is 11.5 Å². The maximum absolute atomic E-state index is 5.72. The molecule has 0 aromatic heterocycles. The van der Waals surface area contributed by atoms with E-state index in [-0.39, 0.29) is 0 Å². The lowest BCUT2D eigenvalue weighted by Gasteiger charge is -2.15. The maximum Gasteiger partial charge on any atom is 0.174 e. The number of nitrogens with one attached hydrogen (secondary N) is 1. The molecule has 0 saturated heterocycles. The fourth-order valence-electron chi connectivity index (χ4n) is 2.15. The summed E-state index contributed by atoms with van der Waals surface area (Å²) >= 11 is 2.30. The SMILES string of the molecule is CCOc1cc(CNc2ccc(C)cc2)cc(I)c1OCC. The van der Waals surface area contributed by atoms with Crippen LogP contribution in [0.1, 0.15) is 25.0 Å². The van der Waals surface area contributed by atoms with Gasteiger partial charge in [-0.2, -0.15) is 0 Å². The molecule has 2 rings (SSSR count). The fourth-order valence-corrected chi connectivity index (χ4v) is 2.97. The molecule has 0 bridgehead atoms. The first kappa shape index (κ1) is 16.9. The van der Waals surface area contributed by atoms with Gasteiger partial charge in [0.05, 0.1) is 16.8 Å². The standard InChI is InChI=1S/C18H22INO2/c1-4-21-17-11-14(10-16(19)18(17)22-5-2)12-20-15-8-6-13(3)7-9-15/h6-11,20H,4-5,12H2,1-3H3. The zero-order valence-corrected chi connectivity index (χ0v) is 15.4. The Morgan fingerprint density at radius 2 is 1.68 bits per heavy atom. The fraction of sp³-hybridized carbons (Fsp3) is 0.333. The molecule has 0 radical (unpaired) electrons. The van der Waals surface area contributed by atoms with Gasteiger partial charge in [-0.25, -0.2) is 0 Å². The number of rotatable bonds is 7. The molecule has 2 aromatic rings. The number of benzene rings is 2. The Hall–Kier alpha value is -1.43. The molecule has 0 saturated carbocycles. The Morgan fingerprint density at radius 1 is 1.00 bits per heavy atom. The quantitative estimate of drug-likeness (QED) is 0.650. The van der Waals surface area contributed by atoms with Crippen molar-refractivity contribution in [3.05, 3.63) is 51.1 Å². The molecule has 0 fully saturated rings. The molecule has 3 nitrogen and oxygen atoms in total. The van der Waals surface area contributed by atoms with Crippen molar-refractivity contribution in [2.75, 3.05) is 18.5 Å². The van der Waals surface area contributed by atoms with E-state index in [1.165, 1.54) is 11.1 Å². The van der Waals surface area contributed by atoms with Crippen LogP contribution in [0.15, 0.2) is 36.4 Å². The third kappa shape index (κ3) is 4.53. The van der Waals surface area contributed by atoms with Crippen molar-refractivity contribution < 1.29 is 9.47 Å². The summed E-state index contributed by atoms with van der Waals surface area (Å²) in [5.41, 5.74) is 3.56. The van der Waals surface area contributed by atoms with Crippen LogP contribution >= 0.6 is 22.6 Å². The molecule has 0 aliphatic rings. The first-order chi connectivity index (χ1) is 10.6. The molecule has 2 aromatic carbocycles. The zero-order valence-electron chi connectivity index (χ0n) is 13.3. The summed E-state index contributed by atoms with van der Waals surface area (Å²) < 4.78 is 12.5. The molecule has 0 aliphatic heterocycles. The van der Waals surface area contributed by atoms with Gasteiger partial charge >= 0.3 is 0 Å². The predicted molar refractivity (Wildman–Crippen MR) is 100 cm³/mol. The normalized spacial score (nSPS) is 10.4. The maximum atomic E-state index is 5.72. The number of hydrogen-bond acceptors (Lipinski definition) is 3. The zero-order chi connectivity index (χ0) is 15.9. The highest BCUT2D eigenvalue weighted by molar-refractivity contribution is 14.1. The van der Waals surface area contributed by atoms with Crippen LogP contribution in [-0.4, -0.2) is 13.2 Å². The predicted octanol–water partition coefficient (Wildman–Crippen LogP) is 5.01. The van der Waals surface area contributed by atoms with Gasteiger partial charge < -0.3 is 14.8 Å². The van der Waals surface area contributed by atoms with Gasteiger partial charge in [0.1, 0.15) is 0 Å². The Kier molecular flexibility index (Phi) is 6.36. The first-order valence-corrected chi connectivity index (χ1v) is 8.60. The van der Waals surface area contributed by atoms with Crippen molar-refractivity contribution in [1.82, 2.24) is 0 Å². The van der Waals surface area contributed by atoms with E-state index in [9.17, 15) is 0 Å². The van der Waals surface area contributed by atoms with Gasteiger partial charge in [0.15, 0.2) is 11.5 Å². The molecule has 0 amide bonds. The van der Waals surface area contributed by atoms with Gasteiger partial charge in [-0.3, -0.25) is 0 Å². The van der Waals surface area contributed by atoms with Gasteiger partial charge in [-0.15, -0.1) is 0 Å². The molecule has 0 unspecified atom stereocenters. The van der Waals surface area contributed by atoms with Crippen LogP contribution in [0.25, 0.3) is 0 Å². The summed E-state index contributed by atoms with van der Waals surface area (Å²) in [6.45, 7) is 8.08. The molecular formula is C18H22INO2. The lowest BCUT2D eigenvalue weighted by atomic mass is 10.2. The number of anilines is 1. The molecule has 1 N–H and O–H groups in total. The van der Waals surface area contributed by atoms with Crippen molar-refractivity contribution in [1.29, 1.82) is 0 Å². The van der Waals surface area contributed by atoms with Gasteiger partial charge in [0.25, 0.3) is 0 Å². The third-order valence-corrected chi connectivity index (χ3v) is 4.01. The summed E-state index contributed by atoms with van der Waals surface area (Å²) in [6.07, 6.45) is 0. The highest BCUT2D eigenvalue weighted by Crippen LogP contribution is 2.34. The second kappa shape index (κ2) is 8.27. The average molecular weight is 411 g/mol. The molecular weight excluding hydrogens is 389 g/mol. The van der Waals surface area contributed by atoms with Gasteiger partial charge in [-0.05, 0) is 73.2 Å². The van der Waals surface area contributed by atoms with E-state index < -0.39 is 0 Å². The second-order valence-electron chi connectivity index (χ2n) is 4.99. The van der Waals surface area contributed by atoms with Crippen molar-refractivity contribution in [2.45, 2.75) is 27.3 Å². The van der Waals surface area contributed by atoms with Crippen molar-refractivity contribution >= 4 is 28.3 Å². The van der Waals surface area contributed by atoms with Crippen LogP contribution in [0, 0.1) is 10.5 Å². The lowest BCUT2D eigenvalue weighted by Crippen LogP contribution is -2.04. The number of halogens is 1. The molecule has 0 aliphatic carbocycles. The van der Waals surface area contributed by atoms with Crippen molar-refractivity contribution in [3.8, 4) is 11.5 Å². The topological polar surface area (TPSA) is 30.5 Å².